The topological polar surface area (TPSA) is 61.4 Å². The monoisotopic (exact) mass is 272 g/mol. The highest BCUT2D eigenvalue weighted by Crippen LogP contribution is 2.17. The summed E-state index contributed by atoms with van der Waals surface area (Å²) in [6.45, 7) is 2.66. The molecule has 1 rings (SSSR count). The largest absolute Gasteiger partial charge is 0.387 e. The maximum Gasteiger partial charge on any atom is 0.216 e. The van der Waals surface area contributed by atoms with Crippen LogP contribution in [-0.2, 0) is 4.79 Å². The minimum Gasteiger partial charge on any atom is -0.387 e. The molecule has 0 radical (unpaired) electrons. The third-order valence-corrected chi connectivity index (χ3v) is 2.56. The van der Waals surface area contributed by atoms with Crippen LogP contribution >= 0.6 is 0 Å². The second kappa shape index (κ2) is 7.81. The van der Waals surface area contributed by atoms with Crippen molar-refractivity contribution in [2.75, 3.05) is 19.6 Å². The maximum atomic E-state index is 13.3. The smallest absolute Gasteiger partial charge is 0.216 e. The fourth-order valence-electron chi connectivity index (χ4n) is 1.60. The van der Waals surface area contributed by atoms with E-state index in [1.807, 2.05) is 0 Å². The van der Waals surface area contributed by atoms with E-state index in [0.29, 0.717) is 19.5 Å². The molecular formula is C13H18F2N2O2. The van der Waals surface area contributed by atoms with Gasteiger partial charge in [-0.25, -0.2) is 8.78 Å². The molecule has 0 aliphatic carbocycles. The van der Waals surface area contributed by atoms with Crippen molar-refractivity contribution in [3.63, 3.8) is 0 Å². The number of amides is 1. The molecule has 0 heterocycles. The minimum absolute atomic E-state index is 0.0608. The Hall–Kier alpha value is -1.53. The van der Waals surface area contributed by atoms with Gasteiger partial charge in [0.1, 0.15) is 11.6 Å². The number of halogens is 2. The molecule has 1 aromatic rings. The number of hydrogen-bond acceptors (Lipinski definition) is 3. The van der Waals surface area contributed by atoms with Gasteiger partial charge in [-0.15, -0.1) is 0 Å². The van der Waals surface area contributed by atoms with Crippen LogP contribution in [0.3, 0.4) is 0 Å². The maximum absolute atomic E-state index is 13.3. The summed E-state index contributed by atoms with van der Waals surface area (Å²) in [6, 6.07) is 2.98. The summed E-state index contributed by atoms with van der Waals surface area (Å²) >= 11 is 0. The zero-order chi connectivity index (χ0) is 14.3. The molecule has 3 N–H and O–H groups in total. The molecule has 0 aliphatic rings. The fourth-order valence-corrected chi connectivity index (χ4v) is 1.60. The van der Waals surface area contributed by atoms with Gasteiger partial charge in [0.15, 0.2) is 0 Å². The quantitative estimate of drug-likeness (QED) is 0.652. The molecule has 6 heteroatoms. The number of benzene rings is 1. The first kappa shape index (κ1) is 15.5. The summed E-state index contributed by atoms with van der Waals surface area (Å²) in [5, 5.41) is 15.3. The van der Waals surface area contributed by atoms with Crippen molar-refractivity contribution < 1.29 is 18.7 Å². The van der Waals surface area contributed by atoms with Crippen molar-refractivity contribution in [1.82, 2.24) is 10.6 Å². The average Bonchev–Trinajstić information content (AvgIpc) is 2.36. The molecule has 0 fully saturated rings. The molecule has 0 saturated carbocycles. The average molecular weight is 272 g/mol. The number of carbonyl (C=O) groups is 1. The van der Waals surface area contributed by atoms with Crippen molar-refractivity contribution >= 4 is 5.91 Å². The summed E-state index contributed by atoms with van der Waals surface area (Å²) in [7, 11) is 0. The Kier molecular flexibility index (Phi) is 6.38. The molecule has 0 aromatic heterocycles. The predicted molar refractivity (Wildman–Crippen MR) is 67.5 cm³/mol. The highest BCUT2D eigenvalue weighted by molar-refractivity contribution is 5.72. The molecule has 4 nitrogen and oxygen atoms in total. The number of aliphatic hydroxyl groups is 1. The van der Waals surface area contributed by atoms with E-state index in [0.717, 1.165) is 18.2 Å². The zero-order valence-corrected chi connectivity index (χ0v) is 10.7. The van der Waals surface area contributed by atoms with Crippen LogP contribution in [0.4, 0.5) is 8.78 Å². The molecule has 0 aliphatic heterocycles. The van der Waals surface area contributed by atoms with Crippen LogP contribution in [0.2, 0.25) is 0 Å². The van der Waals surface area contributed by atoms with E-state index < -0.39 is 17.7 Å². The molecule has 1 atom stereocenters. The number of carbonyl (C=O) groups excluding carboxylic acids is 1. The lowest BCUT2D eigenvalue weighted by Gasteiger charge is -2.13. The third kappa shape index (κ3) is 5.76. The van der Waals surface area contributed by atoms with Crippen LogP contribution in [0.15, 0.2) is 18.2 Å². The van der Waals surface area contributed by atoms with E-state index in [-0.39, 0.29) is 18.0 Å². The van der Waals surface area contributed by atoms with Crippen molar-refractivity contribution in [1.29, 1.82) is 0 Å². The van der Waals surface area contributed by atoms with E-state index in [2.05, 4.69) is 10.6 Å². The summed E-state index contributed by atoms with van der Waals surface area (Å²) in [5.74, 6) is -1.31. The first-order valence-electron chi connectivity index (χ1n) is 6.09. The highest BCUT2D eigenvalue weighted by atomic mass is 19.1. The highest BCUT2D eigenvalue weighted by Gasteiger charge is 2.13. The van der Waals surface area contributed by atoms with E-state index in [1.54, 1.807) is 0 Å². The molecule has 0 spiro atoms. The Balaban J connectivity index is 2.29. The van der Waals surface area contributed by atoms with Crippen LogP contribution in [0, 0.1) is 11.6 Å². The molecular weight excluding hydrogens is 254 g/mol. The van der Waals surface area contributed by atoms with Gasteiger partial charge < -0.3 is 15.7 Å². The second-order valence-electron chi connectivity index (χ2n) is 4.22. The Morgan fingerprint density at radius 2 is 2.11 bits per heavy atom. The van der Waals surface area contributed by atoms with E-state index in [4.69, 9.17) is 0 Å². The lowest BCUT2D eigenvalue weighted by atomic mass is 10.1. The second-order valence-corrected chi connectivity index (χ2v) is 4.22. The van der Waals surface area contributed by atoms with E-state index >= 15 is 0 Å². The number of hydrogen-bond donors (Lipinski definition) is 3. The molecule has 1 amide bonds. The SMILES string of the molecule is CC(=O)NCCCNCC(O)c1cc(F)ccc1F. The van der Waals surface area contributed by atoms with Gasteiger partial charge >= 0.3 is 0 Å². The summed E-state index contributed by atoms with van der Waals surface area (Å²) < 4.78 is 26.3. The van der Waals surface area contributed by atoms with Crippen LogP contribution in [0.5, 0.6) is 0 Å². The van der Waals surface area contributed by atoms with Gasteiger partial charge in [0, 0.05) is 25.6 Å². The van der Waals surface area contributed by atoms with Gasteiger partial charge in [0.25, 0.3) is 0 Å². The standard InChI is InChI=1S/C13H18F2N2O2/c1-9(18)17-6-2-5-16-8-13(19)11-7-10(14)3-4-12(11)15/h3-4,7,13,16,19H,2,5-6,8H2,1H3,(H,17,18). The van der Waals surface area contributed by atoms with Crippen LogP contribution in [0.1, 0.15) is 25.0 Å². The number of aliphatic hydroxyl groups excluding tert-OH is 1. The van der Waals surface area contributed by atoms with Crippen molar-refractivity contribution in [2.45, 2.75) is 19.4 Å². The molecule has 1 aromatic carbocycles. The van der Waals surface area contributed by atoms with Crippen LogP contribution in [-0.4, -0.2) is 30.6 Å². The lowest BCUT2D eigenvalue weighted by molar-refractivity contribution is -0.118. The summed E-state index contributed by atoms with van der Waals surface area (Å²) in [6.07, 6.45) is -0.408. The first-order chi connectivity index (χ1) is 9.00. The van der Waals surface area contributed by atoms with Gasteiger partial charge in [-0.3, -0.25) is 4.79 Å². The Labute approximate surface area is 110 Å². The van der Waals surface area contributed by atoms with Gasteiger partial charge in [0.2, 0.25) is 5.91 Å². The van der Waals surface area contributed by atoms with Crippen LogP contribution < -0.4 is 10.6 Å². The van der Waals surface area contributed by atoms with Gasteiger partial charge in [-0.1, -0.05) is 0 Å². The molecule has 0 saturated heterocycles. The molecule has 0 bridgehead atoms. The molecule has 106 valence electrons. The van der Waals surface area contributed by atoms with Crippen LogP contribution in [0.25, 0.3) is 0 Å². The minimum atomic E-state index is -1.10. The molecule has 19 heavy (non-hydrogen) atoms. The summed E-state index contributed by atoms with van der Waals surface area (Å²) in [4.78, 5) is 10.6. The first-order valence-corrected chi connectivity index (χ1v) is 6.09. The fraction of sp³-hybridized carbons (Fsp3) is 0.462. The predicted octanol–water partition coefficient (Wildman–Crippen LogP) is 1.11. The number of nitrogens with one attached hydrogen (secondary N) is 2. The normalized spacial score (nSPS) is 12.2. The Bertz CT molecular complexity index is 427. The zero-order valence-electron chi connectivity index (χ0n) is 10.7. The van der Waals surface area contributed by atoms with E-state index in [1.165, 1.54) is 6.92 Å². The molecule has 1 unspecified atom stereocenters. The van der Waals surface area contributed by atoms with Crippen molar-refractivity contribution in [2.24, 2.45) is 0 Å². The summed E-state index contributed by atoms with van der Waals surface area (Å²) in [5.41, 5.74) is -0.0608. The van der Waals surface area contributed by atoms with Crippen molar-refractivity contribution in [3.8, 4) is 0 Å². The Morgan fingerprint density at radius 1 is 1.37 bits per heavy atom. The van der Waals surface area contributed by atoms with Crippen molar-refractivity contribution in [3.05, 3.63) is 35.4 Å². The lowest BCUT2D eigenvalue weighted by Crippen LogP contribution is -2.27. The van der Waals surface area contributed by atoms with Gasteiger partial charge in [-0.2, -0.15) is 0 Å². The van der Waals surface area contributed by atoms with Gasteiger partial charge in [0.05, 0.1) is 6.10 Å². The third-order valence-electron chi connectivity index (χ3n) is 2.56. The van der Waals surface area contributed by atoms with E-state index in [9.17, 15) is 18.7 Å². The van der Waals surface area contributed by atoms with Gasteiger partial charge in [-0.05, 0) is 31.2 Å². The Morgan fingerprint density at radius 3 is 2.79 bits per heavy atom. The number of rotatable bonds is 7.